The molecule has 0 unspecified atom stereocenters. The highest BCUT2D eigenvalue weighted by atomic mass is 32.1. The Bertz CT molecular complexity index is 580. The van der Waals surface area contributed by atoms with Gasteiger partial charge in [0.05, 0.1) is 12.9 Å². The lowest BCUT2D eigenvalue weighted by atomic mass is 10.1. The van der Waals surface area contributed by atoms with Crippen molar-refractivity contribution >= 4 is 18.3 Å². The maximum atomic E-state index is 5.25. The van der Waals surface area contributed by atoms with E-state index in [0.29, 0.717) is 0 Å². The maximum absolute atomic E-state index is 5.25. The summed E-state index contributed by atoms with van der Waals surface area (Å²) in [5.41, 5.74) is 4.10. The number of allylic oxidation sites excluding steroid dienone is 4. The summed E-state index contributed by atoms with van der Waals surface area (Å²) in [5.74, 6) is 1.07. The molecule has 1 N–H and O–H groups in total. The van der Waals surface area contributed by atoms with Gasteiger partial charge in [-0.2, -0.15) is 0 Å². The van der Waals surface area contributed by atoms with Crippen molar-refractivity contribution in [1.82, 2.24) is 5.32 Å². The first kappa shape index (κ1) is 14.4. The number of anilines is 1. The van der Waals surface area contributed by atoms with Crippen molar-refractivity contribution in [3.8, 4) is 0 Å². The van der Waals surface area contributed by atoms with E-state index >= 15 is 0 Å². The van der Waals surface area contributed by atoms with E-state index in [4.69, 9.17) is 4.74 Å². The van der Waals surface area contributed by atoms with Crippen molar-refractivity contribution in [2.75, 3.05) is 31.6 Å². The second-order valence-corrected chi connectivity index (χ2v) is 6.02. The number of nitrogens with one attached hydrogen (secondary N) is 1. The number of methoxy groups -OCH3 is 1. The highest BCUT2D eigenvalue weighted by Crippen LogP contribution is 2.29. The molecule has 0 saturated carbocycles. The van der Waals surface area contributed by atoms with Crippen molar-refractivity contribution in [2.24, 2.45) is 0 Å². The van der Waals surface area contributed by atoms with Gasteiger partial charge in [0.25, 0.3) is 0 Å². The molecule has 1 heterocycles. The van der Waals surface area contributed by atoms with Crippen LogP contribution in [0.1, 0.15) is 18.4 Å². The van der Waals surface area contributed by atoms with Crippen LogP contribution in [0.5, 0.6) is 0 Å². The van der Waals surface area contributed by atoms with Crippen LogP contribution in [-0.2, 0) is 11.2 Å². The maximum Gasteiger partial charge on any atom is 0.0959 e. The topological polar surface area (TPSA) is 24.5 Å². The molecule has 1 aromatic carbocycles. The van der Waals surface area contributed by atoms with Crippen LogP contribution in [0.3, 0.4) is 0 Å². The SMILES string of the molecule is COC1=CC=C(NCCN2CCc3cc(S)ccc32)CC1. The predicted octanol–water partition coefficient (Wildman–Crippen LogP) is 3.14. The van der Waals surface area contributed by atoms with Gasteiger partial charge in [0.2, 0.25) is 0 Å². The molecular formula is C17H22N2OS. The quantitative estimate of drug-likeness (QED) is 0.817. The number of nitrogens with zero attached hydrogens (tertiary/aromatic N) is 1. The Morgan fingerprint density at radius 2 is 2.14 bits per heavy atom. The number of hydrogen-bond acceptors (Lipinski definition) is 4. The number of benzene rings is 1. The molecule has 1 aliphatic heterocycles. The molecule has 0 saturated heterocycles. The van der Waals surface area contributed by atoms with Crippen LogP contribution in [0.25, 0.3) is 0 Å². The number of fused-ring (bicyclic) bond motifs is 1. The van der Waals surface area contributed by atoms with E-state index in [9.17, 15) is 0 Å². The summed E-state index contributed by atoms with van der Waals surface area (Å²) < 4.78 is 5.25. The highest BCUT2D eigenvalue weighted by Gasteiger charge is 2.18. The molecule has 0 radical (unpaired) electrons. The smallest absolute Gasteiger partial charge is 0.0959 e. The molecule has 112 valence electrons. The van der Waals surface area contributed by atoms with Gasteiger partial charge in [-0.15, -0.1) is 12.6 Å². The standard InChI is InChI=1S/C17H22N2OS/c1-20-15-4-2-14(3-5-15)18-9-11-19-10-8-13-12-16(21)6-7-17(13)19/h2,4,6-7,12,18,21H,3,5,8-11H2,1H3. The summed E-state index contributed by atoms with van der Waals surface area (Å²) in [6, 6.07) is 6.46. The van der Waals surface area contributed by atoms with E-state index in [1.54, 1.807) is 7.11 Å². The van der Waals surface area contributed by atoms with Gasteiger partial charge in [-0.05, 0) is 48.8 Å². The first-order valence-corrected chi connectivity index (χ1v) is 7.95. The first-order valence-electron chi connectivity index (χ1n) is 7.50. The number of thiol groups is 1. The van der Waals surface area contributed by atoms with Gasteiger partial charge in [-0.1, -0.05) is 0 Å². The molecular weight excluding hydrogens is 280 g/mol. The molecule has 1 aromatic rings. The summed E-state index contributed by atoms with van der Waals surface area (Å²) in [6.45, 7) is 3.13. The van der Waals surface area contributed by atoms with Crippen molar-refractivity contribution in [3.05, 3.63) is 47.4 Å². The zero-order chi connectivity index (χ0) is 14.7. The van der Waals surface area contributed by atoms with Crippen LogP contribution < -0.4 is 10.2 Å². The Balaban J connectivity index is 1.52. The summed E-state index contributed by atoms with van der Waals surface area (Å²) >= 11 is 4.41. The number of hydrogen-bond donors (Lipinski definition) is 2. The Morgan fingerprint density at radius 1 is 1.24 bits per heavy atom. The molecule has 1 aliphatic carbocycles. The van der Waals surface area contributed by atoms with E-state index in [0.717, 1.165) is 49.6 Å². The van der Waals surface area contributed by atoms with Crippen LogP contribution in [0.4, 0.5) is 5.69 Å². The first-order chi connectivity index (χ1) is 10.3. The molecule has 0 amide bonds. The third-order valence-corrected chi connectivity index (χ3v) is 4.44. The zero-order valence-electron chi connectivity index (χ0n) is 12.4. The van der Waals surface area contributed by atoms with Crippen LogP contribution in [0, 0.1) is 0 Å². The summed E-state index contributed by atoms with van der Waals surface area (Å²) in [5, 5.41) is 3.54. The van der Waals surface area contributed by atoms with Crippen LogP contribution >= 0.6 is 12.6 Å². The van der Waals surface area contributed by atoms with Gasteiger partial charge in [0, 0.05) is 42.3 Å². The molecule has 3 rings (SSSR count). The Labute approximate surface area is 132 Å². The zero-order valence-corrected chi connectivity index (χ0v) is 13.3. The molecule has 21 heavy (non-hydrogen) atoms. The van der Waals surface area contributed by atoms with Crippen LogP contribution in [0.2, 0.25) is 0 Å². The van der Waals surface area contributed by atoms with Gasteiger partial charge >= 0.3 is 0 Å². The minimum atomic E-state index is 0.976. The lowest BCUT2D eigenvalue weighted by Gasteiger charge is -2.21. The summed E-state index contributed by atoms with van der Waals surface area (Å²) in [4.78, 5) is 3.51. The fraction of sp³-hybridized carbons (Fsp3) is 0.412. The van der Waals surface area contributed by atoms with Crippen molar-refractivity contribution in [3.63, 3.8) is 0 Å². The molecule has 3 nitrogen and oxygen atoms in total. The highest BCUT2D eigenvalue weighted by molar-refractivity contribution is 7.80. The lowest BCUT2D eigenvalue weighted by molar-refractivity contribution is 0.275. The van der Waals surface area contributed by atoms with E-state index in [1.165, 1.54) is 16.9 Å². The van der Waals surface area contributed by atoms with E-state index in [2.05, 4.69) is 53.2 Å². The van der Waals surface area contributed by atoms with Gasteiger partial charge < -0.3 is 15.0 Å². The minimum absolute atomic E-state index is 0.976. The van der Waals surface area contributed by atoms with E-state index in [1.807, 2.05) is 0 Å². The molecule has 0 fully saturated rings. The second kappa shape index (κ2) is 6.48. The molecule has 0 bridgehead atoms. The van der Waals surface area contributed by atoms with Crippen molar-refractivity contribution in [2.45, 2.75) is 24.2 Å². The van der Waals surface area contributed by atoms with Crippen molar-refractivity contribution < 1.29 is 4.74 Å². The fourth-order valence-corrected chi connectivity index (χ4v) is 3.21. The summed E-state index contributed by atoms with van der Waals surface area (Å²) in [7, 11) is 1.74. The molecule has 2 aliphatic rings. The summed E-state index contributed by atoms with van der Waals surface area (Å²) in [6.07, 6.45) is 7.36. The number of rotatable bonds is 5. The molecule has 0 spiro atoms. The largest absolute Gasteiger partial charge is 0.501 e. The Hall–Kier alpha value is -1.55. The Morgan fingerprint density at radius 3 is 2.90 bits per heavy atom. The fourth-order valence-electron chi connectivity index (χ4n) is 2.98. The third kappa shape index (κ3) is 3.38. The van der Waals surface area contributed by atoms with E-state index < -0.39 is 0 Å². The third-order valence-electron chi connectivity index (χ3n) is 4.16. The Kier molecular flexibility index (Phi) is 4.44. The van der Waals surface area contributed by atoms with Crippen molar-refractivity contribution in [1.29, 1.82) is 0 Å². The average Bonchev–Trinajstić information content (AvgIpc) is 2.90. The van der Waals surface area contributed by atoms with Crippen LogP contribution in [-0.4, -0.2) is 26.7 Å². The molecule has 4 heteroatoms. The van der Waals surface area contributed by atoms with Gasteiger partial charge in [-0.3, -0.25) is 0 Å². The minimum Gasteiger partial charge on any atom is -0.501 e. The normalized spacial score (nSPS) is 17.1. The monoisotopic (exact) mass is 302 g/mol. The number of ether oxygens (including phenoxy) is 1. The van der Waals surface area contributed by atoms with E-state index in [-0.39, 0.29) is 0 Å². The molecule has 0 atom stereocenters. The van der Waals surface area contributed by atoms with Gasteiger partial charge in [0.1, 0.15) is 0 Å². The van der Waals surface area contributed by atoms with Gasteiger partial charge in [0.15, 0.2) is 0 Å². The lowest BCUT2D eigenvalue weighted by Crippen LogP contribution is -2.30. The van der Waals surface area contributed by atoms with Gasteiger partial charge in [-0.25, -0.2) is 0 Å². The second-order valence-electron chi connectivity index (χ2n) is 5.51. The van der Waals surface area contributed by atoms with Crippen LogP contribution in [0.15, 0.2) is 46.7 Å². The molecule has 0 aromatic heterocycles. The predicted molar refractivity (Wildman–Crippen MR) is 90.0 cm³/mol. The average molecular weight is 302 g/mol.